The van der Waals surface area contributed by atoms with Crippen molar-refractivity contribution in [3.8, 4) is 0 Å². The van der Waals surface area contributed by atoms with E-state index in [0.29, 0.717) is 10.7 Å². The summed E-state index contributed by atoms with van der Waals surface area (Å²) in [7, 11) is 0. The van der Waals surface area contributed by atoms with Gasteiger partial charge in [-0.05, 0) is 24.6 Å². The van der Waals surface area contributed by atoms with Crippen LogP contribution in [0, 0.1) is 6.92 Å². The van der Waals surface area contributed by atoms with Gasteiger partial charge in [-0.1, -0.05) is 17.7 Å². The second kappa shape index (κ2) is 5.19. The summed E-state index contributed by atoms with van der Waals surface area (Å²) >= 11 is 12.0. The molecule has 0 radical (unpaired) electrons. The van der Waals surface area contributed by atoms with Gasteiger partial charge in [-0.25, -0.2) is 0 Å². The number of anilines is 1. The molecule has 1 N–H and O–H groups in total. The Bertz CT molecular complexity index is 586. The number of aryl methyl sites for hydroxylation is 1. The number of benzene rings is 1. The molecule has 5 nitrogen and oxygen atoms in total. The Morgan fingerprint density at radius 2 is 2.16 bits per heavy atom. The van der Waals surface area contributed by atoms with Gasteiger partial charge >= 0.3 is 0 Å². The normalized spacial score (nSPS) is 18.5. The molecule has 0 saturated carbocycles. The van der Waals surface area contributed by atoms with Crippen LogP contribution in [0.5, 0.6) is 0 Å². The highest BCUT2D eigenvalue weighted by molar-refractivity contribution is 6.47. The smallest absolute Gasteiger partial charge is 0.273 e. The van der Waals surface area contributed by atoms with Crippen molar-refractivity contribution in [3.05, 3.63) is 28.8 Å². The van der Waals surface area contributed by atoms with Gasteiger partial charge in [0.1, 0.15) is 0 Å². The van der Waals surface area contributed by atoms with Gasteiger partial charge in [0.15, 0.2) is 11.2 Å². The topological polar surface area (TPSA) is 61.8 Å². The molecular weight excluding hydrogens is 289 g/mol. The van der Waals surface area contributed by atoms with E-state index in [1.165, 1.54) is 6.92 Å². The lowest BCUT2D eigenvalue weighted by Crippen LogP contribution is -2.36. The van der Waals surface area contributed by atoms with E-state index in [4.69, 9.17) is 23.2 Å². The molecule has 1 unspecified atom stereocenters. The van der Waals surface area contributed by atoms with Gasteiger partial charge in [0, 0.05) is 6.92 Å². The molecular formula is C12H11Cl2N3O2. The third-order valence-corrected chi connectivity index (χ3v) is 3.20. The van der Waals surface area contributed by atoms with Gasteiger partial charge in [0.2, 0.25) is 5.91 Å². The number of rotatable bonds is 1. The first-order valence-corrected chi connectivity index (χ1v) is 6.32. The molecule has 1 aliphatic rings. The predicted molar refractivity (Wildman–Crippen MR) is 74.6 cm³/mol. The van der Waals surface area contributed by atoms with Crippen LogP contribution in [0.1, 0.15) is 12.5 Å². The fourth-order valence-electron chi connectivity index (χ4n) is 1.66. The van der Waals surface area contributed by atoms with Gasteiger partial charge in [-0.15, -0.1) is 16.7 Å². The summed E-state index contributed by atoms with van der Waals surface area (Å²) in [5, 5.41) is 6.91. The molecule has 1 aliphatic heterocycles. The van der Waals surface area contributed by atoms with Gasteiger partial charge in [-0.3, -0.25) is 9.59 Å². The first kappa shape index (κ1) is 13.8. The number of nitrogens with one attached hydrogen (secondary N) is 1. The number of nitrogens with zero attached hydrogens (tertiary/aromatic N) is 2. The summed E-state index contributed by atoms with van der Waals surface area (Å²) in [5.74, 6) is -0.680. The van der Waals surface area contributed by atoms with Crippen LogP contribution in [0.2, 0.25) is 5.02 Å². The molecule has 0 fully saturated rings. The quantitative estimate of drug-likeness (QED) is 0.807. The minimum absolute atomic E-state index is 0.107. The van der Waals surface area contributed by atoms with Crippen LogP contribution >= 0.6 is 23.2 Å². The first-order valence-electron chi connectivity index (χ1n) is 5.50. The van der Waals surface area contributed by atoms with Crippen LogP contribution < -0.4 is 10.3 Å². The zero-order chi connectivity index (χ0) is 14.2. The summed E-state index contributed by atoms with van der Waals surface area (Å²) < 4.78 is 0. The number of amidine groups is 1. The fraction of sp³-hybridized carbons (Fsp3) is 0.250. The van der Waals surface area contributed by atoms with Gasteiger partial charge in [-0.2, -0.15) is 5.01 Å². The molecule has 1 heterocycles. The summed E-state index contributed by atoms with van der Waals surface area (Å²) in [6.45, 7) is 3.20. The Morgan fingerprint density at radius 3 is 2.74 bits per heavy atom. The zero-order valence-electron chi connectivity index (χ0n) is 10.3. The number of alkyl halides is 1. The molecule has 0 bridgehead atoms. The molecule has 100 valence electrons. The van der Waals surface area contributed by atoms with Crippen LogP contribution in [-0.4, -0.2) is 23.0 Å². The summed E-state index contributed by atoms with van der Waals surface area (Å²) in [4.78, 5) is 23.0. The van der Waals surface area contributed by atoms with Gasteiger partial charge in [0.05, 0.1) is 10.7 Å². The maximum absolute atomic E-state index is 12.0. The van der Waals surface area contributed by atoms with Crippen molar-refractivity contribution in [3.63, 3.8) is 0 Å². The number of carbonyl (C=O) groups is 2. The van der Waals surface area contributed by atoms with Crippen molar-refractivity contribution in [2.45, 2.75) is 19.2 Å². The summed E-state index contributed by atoms with van der Waals surface area (Å²) in [5.41, 5.74) is 1.40. The average molecular weight is 300 g/mol. The molecule has 7 heteroatoms. The third-order valence-electron chi connectivity index (χ3n) is 2.51. The molecule has 2 amide bonds. The van der Waals surface area contributed by atoms with E-state index >= 15 is 0 Å². The molecule has 1 aromatic rings. The minimum atomic E-state index is -1.01. The van der Waals surface area contributed by atoms with Crippen molar-refractivity contribution in [1.29, 1.82) is 0 Å². The zero-order valence-corrected chi connectivity index (χ0v) is 11.8. The molecule has 1 aromatic carbocycles. The number of hydrogen-bond donors (Lipinski definition) is 1. The Labute approximate surface area is 120 Å². The second-order valence-electron chi connectivity index (χ2n) is 4.13. The van der Waals surface area contributed by atoms with E-state index in [1.807, 2.05) is 13.0 Å². The standard InChI is InChI=1S/C12H11Cl2N3O2/c1-6-3-4-9(8(13)5-6)17-12(19)10(14)11(16-17)15-7(2)18/h3-5,10H,1-2H3,(H,15,16,18). The predicted octanol–water partition coefficient (Wildman–Crippen LogP) is 2.05. The molecule has 0 saturated heterocycles. The second-order valence-corrected chi connectivity index (χ2v) is 4.98. The van der Waals surface area contributed by atoms with Gasteiger partial charge in [0.25, 0.3) is 5.91 Å². The maximum Gasteiger partial charge on any atom is 0.273 e. The van der Waals surface area contributed by atoms with Crippen molar-refractivity contribution in [2.75, 3.05) is 5.01 Å². The lowest BCUT2D eigenvalue weighted by atomic mass is 10.2. The van der Waals surface area contributed by atoms with Gasteiger partial charge < -0.3 is 5.32 Å². The lowest BCUT2D eigenvalue weighted by molar-refractivity contribution is -0.117. The highest BCUT2D eigenvalue weighted by atomic mass is 35.5. The van der Waals surface area contributed by atoms with E-state index in [0.717, 1.165) is 10.6 Å². The first-order chi connectivity index (χ1) is 8.90. The fourth-order valence-corrected chi connectivity index (χ4v) is 2.16. The molecule has 0 aliphatic carbocycles. The largest absolute Gasteiger partial charge is 0.311 e. The summed E-state index contributed by atoms with van der Waals surface area (Å²) in [6.07, 6.45) is 0. The SMILES string of the molecule is CC(=O)NC1=NN(c2ccc(C)cc2Cl)C(=O)C1Cl. The molecule has 19 heavy (non-hydrogen) atoms. The number of carbonyl (C=O) groups excluding carboxylic acids is 2. The van der Waals surface area contributed by atoms with E-state index in [2.05, 4.69) is 10.4 Å². The molecule has 0 spiro atoms. The Morgan fingerprint density at radius 1 is 1.47 bits per heavy atom. The third kappa shape index (κ3) is 2.72. The van der Waals surface area contributed by atoms with Crippen LogP contribution in [0.3, 0.4) is 0 Å². The monoisotopic (exact) mass is 299 g/mol. The maximum atomic E-state index is 12.0. The number of hydrogen-bond acceptors (Lipinski definition) is 3. The highest BCUT2D eigenvalue weighted by Gasteiger charge is 2.36. The molecule has 1 atom stereocenters. The van der Waals surface area contributed by atoms with Crippen LogP contribution in [0.25, 0.3) is 0 Å². The lowest BCUT2D eigenvalue weighted by Gasteiger charge is -2.13. The van der Waals surface area contributed by atoms with Crippen LogP contribution in [-0.2, 0) is 9.59 Å². The minimum Gasteiger partial charge on any atom is -0.311 e. The van der Waals surface area contributed by atoms with E-state index in [-0.39, 0.29) is 11.7 Å². The molecule has 2 rings (SSSR count). The van der Waals surface area contributed by atoms with E-state index in [9.17, 15) is 9.59 Å². The Balaban J connectivity index is 2.37. The Kier molecular flexibility index (Phi) is 3.78. The van der Waals surface area contributed by atoms with Crippen LogP contribution in [0.4, 0.5) is 5.69 Å². The van der Waals surface area contributed by atoms with Crippen LogP contribution in [0.15, 0.2) is 23.3 Å². The number of hydrazone groups is 1. The number of halogens is 2. The van der Waals surface area contributed by atoms with Crippen molar-refractivity contribution in [1.82, 2.24) is 5.32 Å². The summed E-state index contributed by atoms with van der Waals surface area (Å²) in [6, 6.07) is 5.21. The van der Waals surface area contributed by atoms with E-state index in [1.54, 1.807) is 12.1 Å². The average Bonchev–Trinajstić information content (AvgIpc) is 2.57. The number of amides is 2. The highest BCUT2D eigenvalue weighted by Crippen LogP contribution is 2.30. The van der Waals surface area contributed by atoms with Crippen molar-refractivity contribution < 1.29 is 9.59 Å². The van der Waals surface area contributed by atoms with Crippen molar-refractivity contribution >= 4 is 46.5 Å². The van der Waals surface area contributed by atoms with Crippen molar-refractivity contribution in [2.24, 2.45) is 5.10 Å². The Hall–Kier alpha value is -1.59. The molecule has 0 aromatic heterocycles. The van der Waals surface area contributed by atoms with E-state index < -0.39 is 11.3 Å².